The third-order valence-corrected chi connectivity index (χ3v) is 6.67. The summed E-state index contributed by atoms with van der Waals surface area (Å²) in [4.78, 5) is 2.52. The Morgan fingerprint density at radius 3 is 2.93 bits per heavy atom. The van der Waals surface area contributed by atoms with Gasteiger partial charge in [0.2, 0.25) is 0 Å². The first-order valence-corrected chi connectivity index (χ1v) is 10.7. The smallest absolute Gasteiger partial charge is 0.149 e. The number of hydrogen-bond acceptors (Lipinski definition) is 7. The number of anilines is 1. The first-order chi connectivity index (χ1) is 13.7. The highest BCUT2D eigenvalue weighted by atomic mass is 32.1. The number of ether oxygens (including phenoxy) is 1. The molecule has 146 valence electrons. The van der Waals surface area contributed by atoms with Crippen LogP contribution >= 0.6 is 11.3 Å². The van der Waals surface area contributed by atoms with Gasteiger partial charge in [0.1, 0.15) is 11.6 Å². The summed E-state index contributed by atoms with van der Waals surface area (Å²) in [6.07, 6.45) is 2.33. The van der Waals surface area contributed by atoms with Crippen LogP contribution in [0.15, 0.2) is 29.6 Å². The van der Waals surface area contributed by atoms with E-state index in [0.717, 1.165) is 65.4 Å². The van der Waals surface area contributed by atoms with Crippen molar-refractivity contribution >= 4 is 27.2 Å². The number of hydrogen-bond donors (Lipinski definition) is 2. The van der Waals surface area contributed by atoms with E-state index in [-0.39, 0.29) is 5.75 Å². The lowest BCUT2D eigenvalue weighted by molar-refractivity contribution is -0.0710. The maximum Gasteiger partial charge on any atom is 0.149 e. The van der Waals surface area contributed by atoms with Crippen molar-refractivity contribution < 1.29 is 9.84 Å². The van der Waals surface area contributed by atoms with E-state index in [4.69, 9.17) is 4.74 Å². The van der Waals surface area contributed by atoms with Crippen molar-refractivity contribution in [3.05, 3.63) is 35.2 Å². The zero-order chi connectivity index (χ0) is 19.1. The van der Waals surface area contributed by atoms with Gasteiger partial charge in [-0.25, -0.2) is 0 Å². The molecule has 28 heavy (non-hydrogen) atoms. The number of likely N-dealkylation sites (tertiary alicyclic amines) is 1. The molecular formula is C21H24N4O2S. The highest BCUT2D eigenvalue weighted by molar-refractivity contribution is 7.17. The number of thiophene rings is 1. The molecule has 2 N–H and O–H groups in total. The normalized spacial score (nSPS) is 21.0. The van der Waals surface area contributed by atoms with E-state index in [2.05, 4.69) is 20.4 Å². The summed E-state index contributed by atoms with van der Waals surface area (Å²) in [5.41, 5.74) is 2.46. The first-order valence-electron chi connectivity index (χ1n) is 9.81. The van der Waals surface area contributed by atoms with Gasteiger partial charge in [-0.05, 0) is 61.5 Å². The molecule has 7 heteroatoms. The molecule has 3 aromatic rings. The minimum atomic E-state index is 0.280. The van der Waals surface area contributed by atoms with Gasteiger partial charge in [-0.1, -0.05) is 0 Å². The van der Waals surface area contributed by atoms with Crippen LogP contribution < -0.4 is 5.32 Å². The lowest BCUT2D eigenvalue weighted by Gasteiger charge is -2.42. The summed E-state index contributed by atoms with van der Waals surface area (Å²) in [6.45, 7) is 5.91. The Balaban J connectivity index is 1.35. The number of nitrogens with one attached hydrogen (secondary N) is 1. The largest absolute Gasteiger partial charge is 0.507 e. The Kier molecular flexibility index (Phi) is 4.66. The van der Waals surface area contributed by atoms with E-state index in [1.54, 1.807) is 11.3 Å². The fourth-order valence-corrected chi connectivity index (χ4v) is 4.93. The van der Waals surface area contributed by atoms with Crippen LogP contribution in [0.2, 0.25) is 0 Å². The van der Waals surface area contributed by atoms with Gasteiger partial charge in [0.15, 0.2) is 0 Å². The zero-order valence-corrected chi connectivity index (χ0v) is 16.7. The number of benzene rings is 1. The SMILES string of the molecule is Cc1cc(NC2CCCN(C3COC3)C2)nnc1-c1ccc2sccc2c1O. The van der Waals surface area contributed by atoms with Crippen molar-refractivity contribution in [3.63, 3.8) is 0 Å². The van der Waals surface area contributed by atoms with Crippen LogP contribution in [0, 0.1) is 6.92 Å². The number of rotatable bonds is 4. The van der Waals surface area contributed by atoms with Gasteiger partial charge in [0, 0.05) is 28.2 Å². The third-order valence-electron chi connectivity index (χ3n) is 5.79. The van der Waals surface area contributed by atoms with E-state index in [1.807, 2.05) is 36.6 Å². The van der Waals surface area contributed by atoms with E-state index >= 15 is 0 Å². The number of phenols is 1. The Morgan fingerprint density at radius 1 is 1.25 bits per heavy atom. The van der Waals surface area contributed by atoms with E-state index in [9.17, 15) is 5.11 Å². The van der Waals surface area contributed by atoms with Crippen LogP contribution in [0.5, 0.6) is 5.75 Å². The predicted octanol–water partition coefficient (Wildman–Crippen LogP) is 3.65. The molecule has 0 spiro atoms. The molecule has 2 aliphatic heterocycles. The lowest BCUT2D eigenvalue weighted by atomic mass is 10.0. The number of fused-ring (bicyclic) bond motifs is 1. The van der Waals surface area contributed by atoms with E-state index < -0.39 is 0 Å². The topological polar surface area (TPSA) is 70.5 Å². The fourth-order valence-electron chi connectivity index (χ4n) is 4.14. The summed E-state index contributed by atoms with van der Waals surface area (Å²) in [7, 11) is 0. The Morgan fingerprint density at radius 2 is 2.14 bits per heavy atom. The maximum absolute atomic E-state index is 10.7. The second kappa shape index (κ2) is 7.31. The molecule has 0 saturated carbocycles. The Hall–Kier alpha value is -2.22. The second-order valence-electron chi connectivity index (χ2n) is 7.73. The number of phenolic OH excluding ortho intramolecular Hbond substituents is 1. The van der Waals surface area contributed by atoms with Crippen LogP contribution in [-0.4, -0.2) is 58.6 Å². The van der Waals surface area contributed by atoms with Gasteiger partial charge in [0.05, 0.1) is 24.9 Å². The van der Waals surface area contributed by atoms with Crippen LogP contribution in [0.4, 0.5) is 5.82 Å². The molecule has 2 aliphatic rings. The van der Waals surface area contributed by atoms with Gasteiger partial charge in [-0.2, -0.15) is 0 Å². The highest BCUT2D eigenvalue weighted by Crippen LogP contribution is 2.38. The second-order valence-corrected chi connectivity index (χ2v) is 8.67. The lowest BCUT2D eigenvalue weighted by Crippen LogP contribution is -2.54. The molecule has 2 saturated heterocycles. The van der Waals surface area contributed by atoms with E-state index in [0.29, 0.717) is 12.1 Å². The van der Waals surface area contributed by atoms with Crippen LogP contribution in [-0.2, 0) is 4.74 Å². The number of aromatic nitrogens is 2. The molecule has 1 aromatic carbocycles. The highest BCUT2D eigenvalue weighted by Gasteiger charge is 2.30. The van der Waals surface area contributed by atoms with Crippen LogP contribution in [0.25, 0.3) is 21.3 Å². The minimum Gasteiger partial charge on any atom is -0.507 e. The summed E-state index contributed by atoms with van der Waals surface area (Å²) >= 11 is 1.62. The van der Waals surface area contributed by atoms with Gasteiger partial charge in [0.25, 0.3) is 0 Å². The molecule has 4 heterocycles. The Bertz CT molecular complexity index is 1000. The third kappa shape index (κ3) is 3.23. The van der Waals surface area contributed by atoms with Crippen LogP contribution in [0.3, 0.4) is 0 Å². The van der Waals surface area contributed by atoms with Gasteiger partial charge in [-0.3, -0.25) is 4.90 Å². The van der Waals surface area contributed by atoms with Gasteiger partial charge in [-0.15, -0.1) is 21.5 Å². The number of aryl methyl sites for hydroxylation is 1. The quantitative estimate of drug-likeness (QED) is 0.702. The van der Waals surface area contributed by atoms with Crippen molar-refractivity contribution in [1.82, 2.24) is 15.1 Å². The molecule has 0 amide bonds. The summed E-state index contributed by atoms with van der Waals surface area (Å²) in [6, 6.07) is 8.89. The molecule has 2 fully saturated rings. The Labute approximate surface area is 168 Å². The molecular weight excluding hydrogens is 372 g/mol. The van der Waals surface area contributed by atoms with Crippen molar-refractivity contribution in [1.29, 1.82) is 0 Å². The number of aromatic hydroxyl groups is 1. The first kappa shape index (κ1) is 17.8. The fraction of sp³-hybridized carbons (Fsp3) is 0.429. The molecule has 5 rings (SSSR count). The molecule has 0 aliphatic carbocycles. The summed E-state index contributed by atoms with van der Waals surface area (Å²) < 4.78 is 6.41. The van der Waals surface area contributed by atoms with E-state index in [1.165, 1.54) is 6.42 Å². The molecule has 2 aromatic heterocycles. The van der Waals surface area contributed by atoms with Crippen molar-refractivity contribution in [2.24, 2.45) is 0 Å². The van der Waals surface area contributed by atoms with Crippen molar-refractivity contribution in [2.75, 3.05) is 31.6 Å². The van der Waals surface area contributed by atoms with Crippen molar-refractivity contribution in [2.45, 2.75) is 31.8 Å². The van der Waals surface area contributed by atoms with Crippen molar-refractivity contribution in [3.8, 4) is 17.0 Å². The monoisotopic (exact) mass is 396 g/mol. The van der Waals surface area contributed by atoms with Gasteiger partial charge < -0.3 is 15.2 Å². The summed E-state index contributed by atoms with van der Waals surface area (Å²) in [5, 5.41) is 25.9. The van der Waals surface area contributed by atoms with Crippen LogP contribution in [0.1, 0.15) is 18.4 Å². The number of nitrogens with zero attached hydrogens (tertiary/aromatic N) is 3. The predicted molar refractivity (Wildman–Crippen MR) is 112 cm³/mol. The van der Waals surface area contributed by atoms with Gasteiger partial charge >= 0.3 is 0 Å². The maximum atomic E-state index is 10.7. The number of piperidine rings is 1. The minimum absolute atomic E-state index is 0.280. The average Bonchev–Trinajstić information content (AvgIpc) is 3.12. The average molecular weight is 397 g/mol. The standard InChI is InChI=1S/C21H24N4O2S/c1-13-9-19(22-14-3-2-7-25(10-14)15-11-27-12-15)23-24-20(13)17-4-5-18-16(21(17)26)6-8-28-18/h4-6,8-9,14-15,26H,2-3,7,10-12H2,1H3,(H,22,23). The molecule has 6 nitrogen and oxygen atoms in total. The molecule has 1 unspecified atom stereocenters. The zero-order valence-electron chi connectivity index (χ0n) is 15.9. The summed E-state index contributed by atoms with van der Waals surface area (Å²) in [5.74, 6) is 1.08. The molecule has 0 bridgehead atoms. The molecule has 1 atom stereocenters. The molecule has 0 radical (unpaired) electrons.